The van der Waals surface area contributed by atoms with E-state index in [-0.39, 0.29) is 0 Å². The molecule has 25 heavy (non-hydrogen) atoms. The summed E-state index contributed by atoms with van der Waals surface area (Å²) in [7, 11) is 0. The Kier molecular flexibility index (Phi) is 4.82. The lowest BCUT2D eigenvalue weighted by Crippen LogP contribution is -2.02. The number of benzene rings is 2. The standard InChI is InChI=1S/C22H17NO2/c1-3-22(24)25-21-14-8-18(9-15-21)17-6-12-20(13-7-17)23-19-10-4-16(2)5-11-19/h3-4,6-10,12-15,23H,1H2,2H3. The third kappa shape index (κ3) is 4.27. The lowest BCUT2D eigenvalue weighted by Gasteiger charge is -2.08. The molecule has 0 radical (unpaired) electrons. The number of anilines is 1. The second kappa shape index (κ2) is 7.37. The van der Waals surface area contributed by atoms with Crippen molar-refractivity contribution in [3.63, 3.8) is 0 Å². The van der Waals surface area contributed by atoms with Crippen molar-refractivity contribution in [2.75, 3.05) is 5.32 Å². The van der Waals surface area contributed by atoms with Crippen LogP contribution < -0.4 is 10.1 Å². The van der Waals surface area contributed by atoms with Gasteiger partial charge < -0.3 is 10.1 Å². The molecule has 0 atom stereocenters. The van der Waals surface area contributed by atoms with E-state index >= 15 is 0 Å². The van der Waals surface area contributed by atoms with Gasteiger partial charge in [-0.25, -0.2) is 4.79 Å². The Morgan fingerprint density at radius 3 is 2.20 bits per heavy atom. The summed E-state index contributed by atoms with van der Waals surface area (Å²) in [6, 6.07) is 15.4. The van der Waals surface area contributed by atoms with Crippen molar-refractivity contribution < 1.29 is 9.53 Å². The van der Waals surface area contributed by atoms with Gasteiger partial charge in [0.05, 0.1) is 5.70 Å². The minimum absolute atomic E-state index is 0.465. The minimum atomic E-state index is -0.465. The molecule has 0 amide bonds. The molecule has 0 bridgehead atoms. The van der Waals surface area contributed by atoms with Crippen molar-refractivity contribution >= 4 is 11.7 Å². The Hall–Kier alpha value is -3.51. The topological polar surface area (TPSA) is 38.3 Å². The van der Waals surface area contributed by atoms with Crippen LogP contribution in [0.1, 0.15) is 6.92 Å². The number of carbonyl (C=O) groups excluding carboxylic acids is 1. The van der Waals surface area contributed by atoms with E-state index in [1.807, 2.05) is 55.5 Å². The van der Waals surface area contributed by atoms with Crippen molar-refractivity contribution in [3.8, 4) is 16.9 Å². The van der Waals surface area contributed by atoms with E-state index in [2.05, 4.69) is 23.4 Å². The van der Waals surface area contributed by atoms with E-state index in [1.54, 1.807) is 12.1 Å². The van der Waals surface area contributed by atoms with Gasteiger partial charge in [0, 0.05) is 11.8 Å². The molecule has 0 heterocycles. The molecule has 2 aromatic rings. The Morgan fingerprint density at radius 1 is 1.00 bits per heavy atom. The van der Waals surface area contributed by atoms with E-state index in [9.17, 15) is 4.79 Å². The van der Waals surface area contributed by atoms with Crippen LogP contribution in [-0.2, 0) is 4.79 Å². The second-order valence-electron chi connectivity index (χ2n) is 5.53. The first kappa shape index (κ1) is 16.4. The quantitative estimate of drug-likeness (QED) is 0.363. The Bertz CT molecular complexity index is 935. The van der Waals surface area contributed by atoms with Gasteiger partial charge in [0.25, 0.3) is 0 Å². The first-order valence-electron chi connectivity index (χ1n) is 7.86. The predicted molar refractivity (Wildman–Crippen MR) is 100 cm³/mol. The van der Waals surface area contributed by atoms with Gasteiger partial charge in [0.15, 0.2) is 0 Å². The molecule has 0 unspecified atom stereocenters. The molecule has 1 N–H and O–H groups in total. The average Bonchev–Trinajstić information content (AvgIpc) is 2.65. The molecular weight excluding hydrogens is 310 g/mol. The summed E-state index contributed by atoms with van der Waals surface area (Å²) in [5, 5.41) is 3.29. The number of esters is 1. The lowest BCUT2D eigenvalue weighted by atomic mass is 10.1. The number of hydrogen-bond acceptors (Lipinski definition) is 3. The molecular formula is C22H17NO2. The van der Waals surface area contributed by atoms with Gasteiger partial charge in [-0.1, -0.05) is 36.6 Å². The van der Waals surface area contributed by atoms with Gasteiger partial charge in [-0.05, 0) is 65.8 Å². The maximum Gasteiger partial charge on any atom is 0.335 e. The fourth-order valence-corrected chi connectivity index (χ4v) is 2.31. The summed E-state index contributed by atoms with van der Waals surface area (Å²) in [6.07, 6.45) is 5.11. The van der Waals surface area contributed by atoms with E-state index < -0.39 is 5.97 Å². The van der Waals surface area contributed by atoms with Crippen LogP contribution in [0.15, 0.2) is 96.1 Å². The van der Waals surface area contributed by atoms with Crippen LogP contribution >= 0.6 is 0 Å². The summed E-state index contributed by atoms with van der Waals surface area (Å²) in [6.45, 7) is 5.36. The maximum absolute atomic E-state index is 11.2. The first-order valence-corrected chi connectivity index (χ1v) is 7.86. The molecule has 122 valence electrons. The highest BCUT2D eigenvalue weighted by Gasteiger charge is 2.03. The normalized spacial score (nSPS) is 12.2. The SMILES string of the molecule is C=CC(=O)Oc1ccc(-c2ccc(NC3=C=C=C(C)C=C3)cc2)cc1. The summed E-state index contributed by atoms with van der Waals surface area (Å²) in [5.74, 6) is 0.0337. The predicted octanol–water partition coefficient (Wildman–Crippen LogP) is 5.01. The number of nitrogens with one attached hydrogen (secondary N) is 1. The molecule has 3 rings (SSSR count). The van der Waals surface area contributed by atoms with E-state index in [0.29, 0.717) is 5.75 Å². The van der Waals surface area contributed by atoms with Gasteiger partial charge in [-0.2, -0.15) is 0 Å². The van der Waals surface area contributed by atoms with Gasteiger partial charge in [-0.15, -0.1) is 0 Å². The first-order chi connectivity index (χ1) is 12.1. The molecule has 1 aliphatic rings. The van der Waals surface area contributed by atoms with Crippen molar-refractivity contribution in [3.05, 3.63) is 96.1 Å². The highest BCUT2D eigenvalue weighted by molar-refractivity contribution is 5.83. The fraction of sp³-hybridized carbons (Fsp3) is 0.0455. The van der Waals surface area contributed by atoms with Crippen LogP contribution in [0, 0.1) is 0 Å². The Labute approximate surface area is 147 Å². The maximum atomic E-state index is 11.2. The van der Waals surface area contributed by atoms with Crippen molar-refractivity contribution in [2.24, 2.45) is 0 Å². The molecule has 3 heteroatoms. The Morgan fingerprint density at radius 2 is 1.64 bits per heavy atom. The molecule has 0 fully saturated rings. The lowest BCUT2D eigenvalue weighted by molar-refractivity contribution is -0.128. The fourth-order valence-electron chi connectivity index (χ4n) is 2.31. The average molecular weight is 327 g/mol. The van der Waals surface area contributed by atoms with Crippen LogP contribution in [0.3, 0.4) is 0 Å². The van der Waals surface area contributed by atoms with Crippen LogP contribution in [0.4, 0.5) is 5.69 Å². The smallest absolute Gasteiger partial charge is 0.335 e. The van der Waals surface area contributed by atoms with Crippen LogP contribution in [0.5, 0.6) is 5.75 Å². The van der Waals surface area contributed by atoms with Crippen molar-refractivity contribution in [1.82, 2.24) is 0 Å². The van der Waals surface area contributed by atoms with Crippen LogP contribution in [0.2, 0.25) is 0 Å². The van der Waals surface area contributed by atoms with Crippen molar-refractivity contribution in [1.29, 1.82) is 0 Å². The monoisotopic (exact) mass is 327 g/mol. The van der Waals surface area contributed by atoms with Gasteiger partial charge in [0.2, 0.25) is 0 Å². The number of carbonyl (C=O) groups is 1. The molecule has 0 aromatic heterocycles. The molecule has 0 saturated heterocycles. The van der Waals surface area contributed by atoms with Gasteiger partial charge in [0.1, 0.15) is 5.75 Å². The molecule has 3 nitrogen and oxygen atoms in total. The summed E-state index contributed by atoms with van der Waals surface area (Å²) in [4.78, 5) is 11.2. The summed E-state index contributed by atoms with van der Waals surface area (Å²) >= 11 is 0. The number of rotatable bonds is 5. The zero-order valence-corrected chi connectivity index (χ0v) is 13.9. The molecule has 0 aliphatic heterocycles. The van der Waals surface area contributed by atoms with Crippen molar-refractivity contribution in [2.45, 2.75) is 6.92 Å². The third-order valence-electron chi connectivity index (χ3n) is 3.63. The second-order valence-corrected chi connectivity index (χ2v) is 5.53. The summed E-state index contributed by atoms with van der Waals surface area (Å²) < 4.78 is 5.07. The molecule has 0 spiro atoms. The zero-order valence-electron chi connectivity index (χ0n) is 13.9. The molecule has 2 aromatic carbocycles. The number of ether oxygens (including phenoxy) is 1. The van der Waals surface area contributed by atoms with E-state index in [4.69, 9.17) is 4.74 Å². The number of allylic oxidation sites excluding steroid dienone is 3. The van der Waals surface area contributed by atoms with Crippen LogP contribution in [0.25, 0.3) is 11.1 Å². The molecule has 1 aliphatic carbocycles. The highest BCUT2D eigenvalue weighted by atomic mass is 16.5. The van der Waals surface area contributed by atoms with E-state index in [0.717, 1.165) is 34.2 Å². The van der Waals surface area contributed by atoms with Gasteiger partial charge in [-0.3, -0.25) is 0 Å². The van der Waals surface area contributed by atoms with Gasteiger partial charge >= 0.3 is 5.97 Å². The molecule has 0 saturated carbocycles. The number of hydrogen-bond donors (Lipinski definition) is 1. The highest BCUT2D eigenvalue weighted by Crippen LogP contribution is 2.24. The summed E-state index contributed by atoms with van der Waals surface area (Å²) in [5.41, 5.74) is 11.2. The minimum Gasteiger partial charge on any atom is -0.423 e. The Balaban J connectivity index is 1.72. The van der Waals surface area contributed by atoms with E-state index in [1.165, 1.54) is 0 Å². The van der Waals surface area contributed by atoms with Crippen LogP contribution in [-0.4, -0.2) is 5.97 Å². The zero-order chi connectivity index (χ0) is 17.6. The largest absolute Gasteiger partial charge is 0.423 e. The third-order valence-corrected chi connectivity index (χ3v) is 3.63.